The number of allylic oxidation sites excluding steroid dienone is 14. The topological polar surface area (TPSA) is 0 Å². The maximum atomic E-state index is 3.79. The average Bonchev–Trinajstić information content (AvgIpc) is 3.59. The average molecular weight is 951 g/mol. The zero-order valence-corrected chi connectivity index (χ0v) is 46.9. The SMILES string of the molecule is C=C/C=C(C=C)/C=C(C)/C=C\C(=C/C)C(C)(C)C.CCC(C)C1=C(c2ccc(C)cc2C)C=CCC1.Cc1cc2c(c3ccccc13)-c1ccc(C(C)(C)c3ccccc3)cc1C2(C)C.Cc1ccccc1. The van der Waals surface area contributed by atoms with Crippen molar-refractivity contribution >= 4 is 16.3 Å². The molecule has 1 unspecified atom stereocenters. The van der Waals surface area contributed by atoms with Gasteiger partial charge in [-0.15, -0.1) is 0 Å². The molecule has 0 saturated carbocycles. The molecule has 1 atom stereocenters. The van der Waals surface area contributed by atoms with Gasteiger partial charge in [0.15, 0.2) is 0 Å². The first-order valence-corrected chi connectivity index (χ1v) is 26.4. The summed E-state index contributed by atoms with van der Waals surface area (Å²) in [5, 5.41) is 2.74. The van der Waals surface area contributed by atoms with Gasteiger partial charge in [0.2, 0.25) is 0 Å². The second kappa shape index (κ2) is 25.2. The minimum absolute atomic E-state index is 0.00222. The minimum Gasteiger partial charge on any atom is -0.0990 e. The Morgan fingerprint density at radius 3 is 1.88 bits per heavy atom. The van der Waals surface area contributed by atoms with Crippen molar-refractivity contribution in [2.75, 3.05) is 0 Å². The van der Waals surface area contributed by atoms with Gasteiger partial charge in [-0.05, 0) is 150 Å². The lowest BCUT2D eigenvalue weighted by Gasteiger charge is -2.29. The number of fused-ring (bicyclic) bond motifs is 5. The molecular formula is C72H86. The molecule has 8 rings (SSSR count). The molecule has 0 bridgehead atoms. The van der Waals surface area contributed by atoms with Crippen molar-refractivity contribution in [3.63, 3.8) is 0 Å². The van der Waals surface area contributed by atoms with E-state index in [0.29, 0.717) is 5.92 Å². The molecule has 0 heterocycles. The molecule has 0 amide bonds. The van der Waals surface area contributed by atoms with Crippen molar-refractivity contribution < 1.29 is 0 Å². The van der Waals surface area contributed by atoms with Gasteiger partial charge in [0.1, 0.15) is 0 Å². The van der Waals surface area contributed by atoms with Crippen LogP contribution in [-0.2, 0) is 10.8 Å². The summed E-state index contributed by atoms with van der Waals surface area (Å²) >= 11 is 0. The summed E-state index contributed by atoms with van der Waals surface area (Å²) in [7, 11) is 0. The molecule has 0 aliphatic heterocycles. The van der Waals surface area contributed by atoms with Crippen molar-refractivity contribution in [1.82, 2.24) is 0 Å². The maximum Gasteiger partial charge on any atom is 0.0159 e. The first-order chi connectivity index (χ1) is 34.2. The van der Waals surface area contributed by atoms with Crippen LogP contribution >= 0.6 is 0 Å². The second-order valence-electron chi connectivity index (χ2n) is 22.0. The predicted molar refractivity (Wildman–Crippen MR) is 321 cm³/mol. The first-order valence-electron chi connectivity index (χ1n) is 26.4. The molecule has 72 heavy (non-hydrogen) atoms. The normalized spacial score (nSPS) is 14.8. The zero-order valence-electron chi connectivity index (χ0n) is 46.9. The van der Waals surface area contributed by atoms with Gasteiger partial charge in [0.25, 0.3) is 0 Å². The predicted octanol–water partition coefficient (Wildman–Crippen LogP) is 21.0. The molecule has 0 heteroatoms. The zero-order chi connectivity index (χ0) is 52.8. The van der Waals surface area contributed by atoms with Crippen LogP contribution in [0.5, 0.6) is 0 Å². The highest BCUT2D eigenvalue weighted by Crippen LogP contribution is 2.53. The molecule has 0 fully saturated rings. The van der Waals surface area contributed by atoms with Crippen molar-refractivity contribution in [1.29, 1.82) is 0 Å². The lowest BCUT2D eigenvalue weighted by Crippen LogP contribution is -2.21. The van der Waals surface area contributed by atoms with E-state index in [4.69, 9.17) is 0 Å². The van der Waals surface area contributed by atoms with E-state index in [9.17, 15) is 0 Å². The van der Waals surface area contributed by atoms with Crippen LogP contribution in [0.4, 0.5) is 0 Å². The standard InChI is InChI=1S/C29H28.C18H24.C18H26.C7H8/c1-19-17-26-27(23-14-10-9-13-22(19)23)24-16-15-21(18-25(24)29(26,4)5)28(2,3)20-11-7-6-8-12-20;1-5-14(3)16-8-6-7-9-18(16)17-11-10-13(2)12-15(17)4;1-8-11-16(9-2)14-15(4)12-13-17(10-3)18(5,6)7;1-7-5-3-2-4-6-7/h6-18H,1-5H3;7,9-12,14H,5-6,8H2,1-4H3;8-14H,1-2H2,3-7H3;2-6H,1H3/b;;13-12-,15-14+,16-11+,17-10+;. The lowest BCUT2D eigenvalue weighted by atomic mass is 9.75. The third-order valence-corrected chi connectivity index (χ3v) is 14.8. The van der Waals surface area contributed by atoms with Crippen LogP contribution in [0.2, 0.25) is 0 Å². The van der Waals surface area contributed by atoms with E-state index < -0.39 is 0 Å². The van der Waals surface area contributed by atoms with E-state index in [1.54, 1.807) is 11.6 Å². The summed E-state index contributed by atoms with van der Waals surface area (Å²) < 4.78 is 0. The Bertz CT molecular complexity index is 2990. The summed E-state index contributed by atoms with van der Waals surface area (Å²) in [6.45, 7) is 41.1. The third kappa shape index (κ3) is 13.9. The van der Waals surface area contributed by atoms with E-state index in [-0.39, 0.29) is 16.2 Å². The van der Waals surface area contributed by atoms with E-state index in [2.05, 4.69) is 263 Å². The summed E-state index contributed by atoms with van der Waals surface area (Å²) in [5.74, 6) is 0.700. The quantitative estimate of drug-likeness (QED) is 0.120. The third-order valence-electron chi connectivity index (χ3n) is 14.8. The van der Waals surface area contributed by atoms with Crippen molar-refractivity contribution in [3.05, 3.63) is 268 Å². The van der Waals surface area contributed by atoms with Crippen molar-refractivity contribution in [2.24, 2.45) is 11.3 Å². The van der Waals surface area contributed by atoms with Gasteiger partial charge >= 0.3 is 0 Å². The Kier molecular flexibility index (Phi) is 19.8. The largest absolute Gasteiger partial charge is 0.0990 e. The Morgan fingerprint density at radius 1 is 0.681 bits per heavy atom. The fraction of sp³-hybridized carbons (Fsp3) is 0.306. The van der Waals surface area contributed by atoms with E-state index in [1.807, 2.05) is 30.4 Å². The number of hydrogen-bond donors (Lipinski definition) is 0. The maximum absolute atomic E-state index is 3.79. The van der Waals surface area contributed by atoms with Gasteiger partial charge < -0.3 is 0 Å². The lowest BCUT2D eigenvalue weighted by molar-refractivity contribution is 0.516. The highest BCUT2D eigenvalue weighted by atomic mass is 14.4. The Morgan fingerprint density at radius 2 is 1.31 bits per heavy atom. The molecule has 0 nitrogen and oxygen atoms in total. The van der Waals surface area contributed by atoms with Gasteiger partial charge in [0, 0.05) is 10.8 Å². The van der Waals surface area contributed by atoms with Crippen LogP contribution in [-0.4, -0.2) is 0 Å². The molecular weight excluding hydrogens is 865 g/mol. The monoisotopic (exact) mass is 951 g/mol. The molecule has 6 aromatic carbocycles. The number of benzene rings is 6. The van der Waals surface area contributed by atoms with Crippen LogP contribution in [0, 0.1) is 39.0 Å². The molecule has 0 saturated heterocycles. The van der Waals surface area contributed by atoms with E-state index in [1.165, 1.54) is 108 Å². The molecule has 0 radical (unpaired) electrons. The molecule has 374 valence electrons. The minimum atomic E-state index is -0.0286. The van der Waals surface area contributed by atoms with Gasteiger partial charge in [-0.1, -0.05) is 280 Å². The van der Waals surface area contributed by atoms with Gasteiger partial charge in [0.05, 0.1) is 0 Å². The summed E-state index contributed by atoms with van der Waals surface area (Å²) in [6.07, 6.45) is 22.5. The van der Waals surface area contributed by atoms with E-state index in [0.717, 1.165) is 5.57 Å². The smallest absolute Gasteiger partial charge is 0.0159 e. The van der Waals surface area contributed by atoms with Crippen molar-refractivity contribution in [3.8, 4) is 11.1 Å². The highest BCUT2D eigenvalue weighted by molar-refractivity contribution is 6.04. The van der Waals surface area contributed by atoms with Crippen LogP contribution in [0.3, 0.4) is 0 Å². The molecule has 0 N–H and O–H groups in total. The summed E-state index contributed by atoms with van der Waals surface area (Å²) in [5.41, 5.74) is 22.2. The molecule has 2 aliphatic carbocycles. The van der Waals surface area contributed by atoms with Gasteiger partial charge in [-0.2, -0.15) is 0 Å². The van der Waals surface area contributed by atoms with Crippen LogP contribution in [0.1, 0.15) is 145 Å². The molecule has 0 spiro atoms. The van der Waals surface area contributed by atoms with Crippen LogP contribution < -0.4 is 0 Å². The Labute approximate surface area is 438 Å². The number of hydrogen-bond acceptors (Lipinski definition) is 0. The molecule has 6 aromatic rings. The number of rotatable bonds is 10. The van der Waals surface area contributed by atoms with E-state index >= 15 is 0 Å². The fourth-order valence-electron chi connectivity index (χ4n) is 10.1. The first kappa shape index (κ1) is 56.4. The van der Waals surface area contributed by atoms with Crippen LogP contribution in [0.15, 0.2) is 218 Å². The Hall–Kier alpha value is -6.50. The van der Waals surface area contributed by atoms with Crippen LogP contribution in [0.25, 0.3) is 27.5 Å². The highest BCUT2D eigenvalue weighted by Gasteiger charge is 2.38. The van der Waals surface area contributed by atoms with Crippen molar-refractivity contribution in [2.45, 2.75) is 134 Å². The van der Waals surface area contributed by atoms with Gasteiger partial charge in [-0.25, -0.2) is 0 Å². The summed E-state index contributed by atoms with van der Waals surface area (Å²) in [6, 6.07) is 46.4. The second-order valence-corrected chi connectivity index (χ2v) is 22.0. The molecule has 2 aliphatic rings. The molecule has 0 aromatic heterocycles. The fourth-order valence-corrected chi connectivity index (χ4v) is 10.1. The summed E-state index contributed by atoms with van der Waals surface area (Å²) in [4.78, 5) is 0. The van der Waals surface area contributed by atoms with Gasteiger partial charge in [-0.3, -0.25) is 0 Å². The Balaban J connectivity index is 0.000000195. The number of aryl methyl sites for hydroxylation is 4.